The highest BCUT2D eigenvalue weighted by Gasteiger charge is 2.09. The molecule has 1 aromatic carbocycles. The number of nitrogen functional groups attached to an aromatic ring is 1. The van der Waals surface area contributed by atoms with Crippen molar-refractivity contribution in [1.29, 1.82) is 0 Å². The van der Waals surface area contributed by atoms with E-state index in [1.807, 2.05) is 0 Å². The van der Waals surface area contributed by atoms with Crippen LogP contribution < -0.4 is 5.73 Å². The summed E-state index contributed by atoms with van der Waals surface area (Å²) in [6, 6.07) is 2.62. The molecule has 0 radical (unpaired) electrons. The molecule has 0 saturated heterocycles. The van der Waals surface area contributed by atoms with Gasteiger partial charge in [0.25, 0.3) is 0 Å². The van der Waals surface area contributed by atoms with Crippen molar-refractivity contribution in [2.45, 2.75) is 6.42 Å². The van der Waals surface area contributed by atoms with Crippen LogP contribution in [-0.2, 0) is 0 Å². The summed E-state index contributed by atoms with van der Waals surface area (Å²) >= 11 is 5.37. The molecular formula is C10H8ClF2N. The van der Waals surface area contributed by atoms with E-state index in [0.717, 1.165) is 0 Å². The highest BCUT2D eigenvalue weighted by Crippen LogP contribution is 2.16. The molecule has 0 spiro atoms. The third-order valence-electron chi connectivity index (χ3n) is 1.55. The van der Waals surface area contributed by atoms with Crippen LogP contribution in [0.2, 0.25) is 0 Å². The van der Waals surface area contributed by atoms with Gasteiger partial charge in [0.2, 0.25) is 0 Å². The van der Waals surface area contributed by atoms with Gasteiger partial charge in [-0.15, -0.1) is 11.6 Å². The Morgan fingerprint density at radius 2 is 2.00 bits per heavy atom. The van der Waals surface area contributed by atoms with E-state index in [1.54, 1.807) is 0 Å². The zero-order valence-electron chi connectivity index (χ0n) is 7.28. The average Bonchev–Trinajstić information content (AvgIpc) is 2.18. The van der Waals surface area contributed by atoms with Crippen molar-refractivity contribution in [3.8, 4) is 11.8 Å². The summed E-state index contributed by atoms with van der Waals surface area (Å²) in [7, 11) is 0. The monoisotopic (exact) mass is 215 g/mol. The molecule has 0 fully saturated rings. The Labute approximate surface area is 85.9 Å². The summed E-state index contributed by atoms with van der Waals surface area (Å²) in [4.78, 5) is 0. The van der Waals surface area contributed by atoms with Gasteiger partial charge in [0.15, 0.2) is 11.6 Å². The van der Waals surface area contributed by atoms with Crippen molar-refractivity contribution < 1.29 is 8.78 Å². The van der Waals surface area contributed by atoms with Gasteiger partial charge in [0.05, 0.1) is 11.3 Å². The fraction of sp³-hybridized carbons (Fsp3) is 0.200. The van der Waals surface area contributed by atoms with Crippen LogP contribution in [0.3, 0.4) is 0 Å². The van der Waals surface area contributed by atoms with E-state index < -0.39 is 11.6 Å². The molecule has 4 heteroatoms. The lowest BCUT2D eigenvalue weighted by Gasteiger charge is -1.99. The van der Waals surface area contributed by atoms with Crippen LogP contribution in [0.15, 0.2) is 12.1 Å². The minimum atomic E-state index is -1.05. The first-order valence-electron chi connectivity index (χ1n) is 3.95. The summed E-state index contributed by atoms with van der Waals surface area (Å²) < 4.78 is 26.0. The quantitative estimate of drug-likeness (QED) is 0.435. The average molecular weight is 216 g/mol. The largest absolute Gasteiger partial charge is 0.396 e. The molecule has 0 atom stereocenters. The molecule has 1 rings (SSSR count). The Hall–Kier alpha value is -1.27. The van der Waals surface area contributed by atoms with Gasteiger partial charge in [-0.3, -0.25) is 0 Å². The SMILES string of the molecule is Nc1ccc(C#CCCCl)c(F)c1F. The predicted octanol–water partition coefficient (Wildman–Crippen LogP) is 2.53. The van der Waals surface area contributed by atoms with Crippen molar-refractivity contribution in [1.82, 2.24) is 0 Å². The lowest BCUT2D eigenvalue weighted by atomic mass is 10.2. The van der Waals surface area contributed by atoms with E-state index in [1.165, 1.54) is 12.1 Å². The number of hydrogen-bond donors (Lipinski definition) is 1. The van der Waals surface area contributed by atoms with Gasteiger partial charge in [-0.1, -0.05) is 11.8 Å². The summed E-state index contributed by atoms with van der Waals surface area (Å²) in [5.41, 5.74) is 4.94. The van der Waals surface area contributed by atoms with E-state index in [0.29, 0.717) is 12.3 Å². The molecule has 2 N–H and O–H groups in total. The predicted molar refractivity (Wildman–Crippen MR) is 53.0 cm³/mol. The Morgan fingerprint density at radius 3 is 2.64 bits per heavy atom. The highest BCUT2D eigenvalue weighted by molar-refractivity contribution is 6.18. The lowest BCUT2D eigenvalue weighted by Crippen LogP contribution is -1.96. The van der Waals surface area contributed by atoms with Gasteiger partial charge < -0.3 is 5.73 Å². The van der Waals surface area contributed by atoms with E-state index in [9.17, 15) is 8.78 Å². The Balaban J connectivity index is 3.02. The number of alkyl halides is 1. The molecule has 0 heterocycles. The molecule has 0 aliphatic rings. The standard InChI is InChI=1S/C10H8ClF2N/c11-6-2-1-3-7-4-5-8(14)10(13)9(7)12/h4-5H,2,6,14H2. The van der Waals surface area contributed by atoms with Gasteiger partial charge in [0, 0.05) is 12.3 Å². The van der Waals surface area contributed by atoms with Gasteiger partial charge in [0.1, 0.15) is 0 Å². The molecule has 0 bridgehead atoms. The second-order valence-corrected chi connectivity index (χ2v) is 2.95. The molecule has 0 unspecified atom stereocenters. The highest BCUT2D eigenvalue weighted by atomic mass is 35.5. The van der Waals surface area contributed by atoms with Crippen LogP contribution in [0.1, 0.15) is 12.0 Å². The van der Waals surface area contributed by atoms with Crippen LogP contribution >= 0.6 is 11.6 Å². The van der Waals surface area contributed by atoms with Crippen LogP contribution in [-0.4, -0.2) is 5.88 Å². The van der Waals surface area contributed by atoms with Crippen molar-refractivity contribution in [3.05, 3.63) is 29.3 Å². The topological polar surface area (TPSA) is 26.0 Å². The molecule has 0 aromatic heterocycles. The van der Waals surface area contributed by atoms with E-state index >= 15 is 0 Å². The molecule has 74 valence electrons. The molecule has 0 saturated carbocycles. The fourth-order valence-corrected chi connectivity index (χ4v) is 0.960. The number of rotatable bonds is 1. The maximum absolute atomic E-state index is 13.1. The van der Waals surface area contributed by atoms with Crippen molar-refractivity contribution >= 4 is 17.3 Å². The maximum Gasteiger partial charge on any atom is 0.182 e. The molecule has 14 heavy (non-hydrogen) atoms. The van der Waals surface area contributed by atoms with Crippen molar-refractivity contribution in [3.63, 3.8) is 0 Å². The first-order chi connectivity index (χ1) is 6.66. The van der Waals surface area contributed by atoms with Gasteiger partial charge in [-0.25, -0.2) is 8.78 Å². The Morgan fingerprint density at radius 1 is 1.29 bits per heavy atom. The van der Waals surface area contributed by atoms with Crippen LogP contribution in [0.4, 0.5) is 14.5 Å². The number of nitrogens with two attached hydrogens (primary N) is 1. The van der Waals surface area contributed by atoms with Crippen molar-refractivity contribution in [2.75, 3.05) is 11.6 Å². The first kappa shape index (κ1) is 10.8. The van der Waals surface area contributed by atoms with Gasteiger partial charge in [-0.05, 0) is 12.1 Å². The number of hydrogen-bond acceptors (Lipinski definition) is 1. The Bertz CT molecular complexity index is 393. The van der Waals surface area contributed by atoms with E-state index in [4.69, 9.17) is 17.3 Å². The van der Waals surface area contributed by atoms with Crippen molar-refractivity contribution in [2.24, 2.45) is 0 Å². The van der Waals surface area contributed by atoms with E-state index in [-0.39, 0.29) is 11.3 Å². The summed E-state index contributed by atoms with van der Waals surface area (Å²) in [5.74, 6) is 3.39. The Kier molecular flexibility index (Phi) is 3.73. The molecule has 0 aliphatic carbocycles. The molecule has 1 aromatic rings. The number of anilines is 1. The normalized spacial score (nSPS) is 9.36. The fourth-order valence-electron chi connectivity index (χ4n) is 0.866. The minimum absolute atomic E-state index is 0.00168. The summed E-state index contributed by atoms with van der Waals surface area (Å²) in [5, 5.41) is 0. The third kappa shape index (κ3) is 2.36. The second kappa shape index (κ2) is 4.83. The first-order valence-corrected chi connectivity index (χ1v) is 4.48. The van der Waals surface area contributed by atoms with Gasteiger partial charge >= 0.3 is 0 Å². The summed E-state index contributed by atoms with van der Waals surface area (Å²) in [6.45, 7) is 0. The maximum atomic E-state index is 13.1. The molecular weight excluding hydrogens is 208 g/mol. The minimum Gasteiger partial charge on any atom is -0.396 e. The van der Waals surface area contributed by atoms with Crippen LogP contribution in [0.25, 0.3) is 0 Å². The molecule has 0 amide bonds. The zero-order chi connectivity index (χ0) is 10.6. The number of benzene rings is 1. The van der Waals surface area contributed by atoms with Gasteiger partial charge in [-0.2, -0.15) is 0 Å². The summed E-state index contributed by atoms with van der Waals surface area (Å²) in [6.07, 6.45) is 0.437. The van der Waals surface area contributed by atoms with E-state index in [2.05, 4.69) is 11.8 Å². The van der Waals surface area contributed by atoms with Crippen LogP contribution in [0, 0.1) is 23.5 Å². The lowest BCUT2D eigenvalue weighted by molar-refractivity contribution is 0.510. The zero-order valence-corrected chi connectivity index (χ0v) is 8.04. The molecule has 0 aliphatic heterocycles. The number of halogens is 3. The third-order valence-corrected chi connectivity index (χ3v) is 1.74. The van der Waals surface area contributed by atoms with Crippen LogP contribution in [0.5, 0.6) is 0 Å². The second-order valence-electron chi connectivity index (χ2n) is 2.57. The molecule has 1 nitrogen and oxygen atoms in total. The smallest absolute Gasteiger partial charge is 0.182 e.